The van der Waals surface area contributed by atoms with Crippen LogP contribution >= 0.6 is 11.3 Å². The number of halogens is 1. The highest BCUT2D eigenvalue weighted by molar-refractivity contribution is 7.19. The van der Waals surface area contributed by atoms with Crippen LogP contribution in [0.4, 0.5) is 10.1 Å². The fraction of sp³-hybridized carbons (Fsp3) is 0.545. The normalized spacial score (nSPS) is 24.9. The minimum absolute atomic E-state index is 0.00457. The van der Waals surface area contributed by atoms with Crippen LogP contribution in [0.25, 0.3) is 15.9 Å². The summed E-state index contributed by atoms with van der Waals surface area (Å²) >= 11 is 1.34. The van der Waals surface area contributed by atoms with Gasteiger partial charge in [0.25, 0.3) is 5.91 Å². The van der Waals surface area contributed by atoms with Crippen LogP contribution < -0.4 is 20.4 Å². The minimum Gasteiger partial charge on any atom is -0.505 e. The van der Waals surface area contributed by atoms with E-state index in [0.717, 1.165) is 10.6 Å². The molecule has 6 heterocycles. The number of nitrogens with zero attached hydrogens (tertiary/aromatic N) is 5. The molecule has 2 bridgehead atoms. The lowest BCUT2D eigenvalue weighted by molar-refractivity contribution is -0.124. The molecule has 3 aliphatic heterocycles. The van der Waals surface area contributed by atoms with Crippen molar-refractivity contribution in [3.63, 3.8) is 0 Å². The zero-order valence-electron chi connectivity index (χ0n) is 26.2. The Labute approximate surface area is 274 Å². The Bertz CT molecular complexity index is 1870. The van der Waals surface area contributed by atoms with Gasteiger partial charge in [-0.15, -0.1) is 11.3 Å². The van der Waals surface area contributed by atoms with Gasteiger partial charge in [0.15, 0.2) is 17.1 Å². The molecule has 14 heteroatoms. The molecule has 6 aliphatic rings. The van der Waals surface area contributed by atoms with Crippen molar-refractivity contribution >= 4 is 44.8 Å². The van der Waals surface area contributed by atoms with Gasteiger partial charge in [-0.2, -0.15) is 0 Å². The highest BCUT2D eigenvalue weighted by Crippen LogP contribution is 2.53. The third kappa shape index (κ3) is 5.07. The number of hydrogen-bond acceptors (Lipinski definition) is 10. The van der Waals surface area contributed by atoms with Gasteiger partial charge < -0.3 is 34.3 Å². The van der Waals surface area contributed by atoms with E-state index in [9.17, 15) is 23.9 Å². The summed E-state index contributed by atoms with van der Waals surface area (Å²) in [6, 6.07) is 0. The van der Waals surface area contributed by atoms with E-state index in [1.807, 2.05) is 22.5 Å². The Balaban J connectivity index is 1.11. The number of nitrogens with one attached hydrogen (secondary N) is 1. The zero-order valence-corrected chi connectivity index (χ0v) is 27.0. The molecule has 3 aliphatic carbocycles. The summed E-state index contributed by atoms with van der Waals surface area (Å²) < 4.78 is 27.6. The molecule has 248 valence electrons. The summed E-state index contributed by atoms with van der Waals surface area (Å²) in [6.07, 6.45) is 5.96. The number of hydrogen-bond donors (Lipinski definition) is 2. The van der Waals surface area contributed by atoms with Gasteiger partial charge in [0.2, 0.25) is 11.3 Å². The number of carbonyl (C=O) groups is 2. The smallest absolute Gasteiger partial charge is 0.276 e. The van der Waals surface area contributed by atoms with Crippen molar-refractivity contribution in [1.29, 1.82) is 0 Å². The number of ether oxygens (including phenoxy) is 2. The highest BCUT2D eigenvalue weighted by atomic mass is 32.1. The second-order valence-electron chi connectivity index (χ2n) is 13.2. The summed E-state index contributed by atoms with van der Waals surface area (Å²) in [7, 11) is 0. The number of amides is 2. The first-order valence-corrected chi connectivity index (χ1v) is 17.2. The molecule has 0 aromatic carbocycles. The standard InChI is InChI=1S/C33H37FN6O6S/c1-2-22-26(38-6-8-39(9-7-38)32(44)25-27(42)20-5-12-46-23(20)16-35-25)28(43)29-30(36-31(47-29)18-3-10-45-11-4-18)40(22)17-24(41)37-33-13-19(14-33)21(34)15-33/h3,16,19,21,42H,2,4-15,17H2,1H3,(H,37,41). The van der Waals surface area contributed by atoms with Crippen LogP contribution in [0.5, 0.6) is 11.5 Å². The molecule has 1 atom stereocenters. The lowest BCUT2D eigenvalue weighted by Crippen LogP contribution is -2.53. The SMILES string of the molecule is CCc1c(N2CCN(C(=O)c3ncc4c(c3O)CCO4)CC2)c(=O)c2sc(C3=CCOCC3)nc2n1CC(=O)NC12CC(F)C(C1)C2. The fourth-order valence-corrected chi connectivity index (χ4v) is 9.06. The third-order valence-corrected chi connectivity index (χ3v) is 11.5. The van der Waals surface area contributed by atoms with Crippen molar-refractivity contribution in [2.75, 3.05) is 50.9 Å². The lowest BCUT2D eigenvalue weighted by Gasteiger charge is -2.39. The largest absolute Gasteiger partial charge is 0.505 e. The van der Waals surface area contributed by atoms with Gasteiger partial charge in [-0.3, -0.25) is 14.4 Å². The summed E-state index contributed by atoms with van der Waals surface area (Å²) in [6.45, 7) is 4.84. The molecule has 47 heavy (non-hydrogen) atoms. The number of piperazine rings is 1. The van der Waals surface area contributed by atoms with Crippen LogP contribution in [0, 0.1) is 5.92 Å². The van der Waals surface area contributed by atoms with Crippen LogP contribution in [0.15, 0.2) is 17.1 Å². The Hall–Kier alpha value is -4.04. The molecule has 2 N–H and O–H groups in total. The Kier molecular flexibility index (Phi) is 7.47. The van der Waals surface area contributed by atoms with Crippen molar-refractivity contribution in [2.24, 2.45) is 5.92 Å². The summed E-state index contributed by atoms with van der Waals surface area (Å²) in [4.78, 5) is 54.1. The van der Waals surface area contributed by atoms with Gasteiger partial charge in [0.05, 0.1) is 26.0 Å². The van der Waals surface area contributed by atoms with Crippen LogP contribution in [-0.4, -0.2) is 94.1 Å². The molecule has 1 saturated heterocycles. The van der Waals surface area contributed by atoms with Gasteiger partial charge in [-0.1, -0.05) is 13.0 Å². The summed E-state index contributed by atoms with van der Waals surface area (Å²) in [5.74, 6) is -0.186. The molecule has 3 aromatic rings. The van der Waals surface area contributed by atoms with E-state index >= 15 is 0 Å². The monoisotopic (exact) mass is 664 g/mol. The van der Waals surface area contributed by atoms with Gasteiger partial charge in [0, 0.05) is 55.8 Å². The zero-order chi connectivity index (χ0) is 32.4. The quantitative estimate of drug-likeness (QED) is 0.391. The number of anilines is 1. The van der Waals surface area contributed by atoms with Crippen molar-refractivity contribution in [1.82, 2.24) is 24.8 Å². The maximum atomic E-state index is 14.3. The molecule has 1 unspecified atom stereocenters. The Morgan fingerprint density at radius 1 is 1.17 bits per heavy atom. The number of aromatic hydroxyl groups is 1. The minimum atomic E-state index is -0.872. The molecular formula is C33H37FN6O6S. The molecule has 0 radical (unpaired) electrons. The van der Waals surface area contributed by atoms with E-state index in [1.54, 1.807) is 4.90 Å². The van der Waals surface area contributed by atoms with Gasteiger partial charge in [0.1, 0.15) is 33.9 Å². The van der Waals surface area contributed by atoms with E-state index < -0.39 is 11.7 Å². The van der Waals surface area contributed by atoms with E-state index in [-0.39, 0.29) is 41.1 Å². The first-order chi connectivity index (χ1) is 22.7. The second kappa shape index (κ2) is 11.6. The molecule has 3 aromatic heterocycles. The average molecular weight is 665 g/mol. The van der Waals surface area contributed by atoms with Crippen molar-refractivity contribution < 1.29 is 28.6 Å². The van der Waals surface area contributed by atoms with Gasteiger partial charge >= 0.3 is 0 Å². The van der Waals surface area contributed by atoms with Crippen LogP contribution in [0.1, 0.15) is 59.4 Å². The number of aromatic nitrogens is 3. The predicted molar refractivity (Wildman–Crippen MR) is 173 cm³/mol. The Morgan fingerprint density at radius 3 is 2.68 bits per heavy atom. The number of fused-ring (bicyclic) bond motifs is 3. The molecule has 12 nitrogen and oxygen atoms in total. The van der Waals surface area contributed by atoms with Crippen molar-refractivity contribution in [2.45, 2.75) is 63.7 Å². The molecule has 0 spiro atoms. The Morgan fingerprint density at radius 2 is 1.98 bits per heavy atom. The third-order valence-electron chi connectivity index (χ3n) is 10.4. The number of thiazole rings is 1. The number of alkyl halides is 1. The van der Waals surface area contributed by atoms with Crippen LogP contribution in [0.2, 0.25) is 0 Å². The second-order valence-corrected chi connectivity index (χ2v) is 14.2. The number of carbonyl (C=O) groups excluding carboxylic acids is 2. The fourth-order valence-electron chi connectivity index (χ4n) is 7.98. The van der Waals surface area contributed by atoms with E-state index in [1.165, 1.54) is 17.5 Å². The predicted octanol–water partition coefficient (Wildman–Crippen LogP) is 2.83. The maximum Gasteiger partial charge on any atom is 0.276 e. The number of rotatable bonds is 7. The first kappa shape index (κ1) is 30.3. The first-order valence-electron chi connectivity index (χ1n) is 16.4. The molecule has 4 fully saturated rings. The van der Waals surface area contributed by atoms with Gasteiger partial charge in [-0.05, 0) is 37.2 Å². The maximum absolute atomic E-state index is 14.3. The van der Waals surface area contributed by atoms with Crippen LogP contribution in [0.3, 0.4) is 0 Å². The molecule has 2 amide bonds. The summed E-state index contributed by atoms with van der Waals surface area (Å²) in [5.41, 5.74) is 2.70. The average Bonchev–Trinajstić information content (AvgIpc) is 3.85. The van der Waals surface area contributed by atoms with Crippen molar-refractivity contribution in [3.05, 3.63) is 44.5 Å². The van der Waals surface area contributed by atoms with E-state index in [0.29, 0.717) is 118 Å². The topological polar surface area (TPSA) is 139 Å². The lowest BCUT2D eigenvalue weighted by atomic mass is 9.77. The highest BCUT2D eigenvalue weighted by Gasteiger charge is 2.57. The van der Waals surface area contributed by atoms with Crippen LogP contribution in [-0.2, 0) is 28.9 Å². The van der Waals surface area contributed by atoms with E-state index in [2.05, 4.69) is 10.3 Å². The summed E-state index contributed by atoms with van der Waals surface area (Å²) in [5, 5.41) is 14.6. The molecule has 9 rings (SSSR count). The molecule has 3 saturated carbocycles. The van der Waals surface area contributed by atoms with Crippen molar-refractivity contribution in [3.8, 4) is 11.5 Å². The van der Waals surface area contributed by atoms with Gasteiger partial charge in [-0.25, -0.2) is 14.4 Å². The number of pyridine rings is 2. The molecular weight excluding hydrogens is 627 g/mol. The van der Waals surface area contributed by atoms with E-state index in [4.69, 9.17) is 14.5 Å².